The van der Waals surface area contributed by atoms with E-state index in [1.807, 2.05) is 17.5 Å². The van der Waals surface area contributed by atoms with Crippen molar-refractivity contribution >= 4 is 76.0 Å². The van der Waals surface area contributed by atoms with Gasteiger partial charge in [-0.05, 0) is 56.1 Å². The quantitative estimate of drug-likeness (QED) is 0.482. The van der Waals surface area contributed by atoms with Crippen molar-refractivity contribution in [3.05, 3.63) is 48.6 Å². The first-order chi connectivity index (χ1) is 9.95. The molecule has 0 atom stereocenters. The minimum atomic E-state index is -0.968. The van der Waals surface area contributed by atoms with Gasteiger partial charge in [0, 0.05) is 24.2 Å². The number of carboxylic acids is 1. The average Bonchev–Trinajstić information content (AvgIpc) is 2.84. The molecule has 0 aliphatic carbocycles. The number of carbonyl (C=O) groups is 1. The molecule has 21 heavy (non-hydrogen) atoms. The Morgan fingerprint density at radius 3 is 2.48 bits per heavy atom. The fourth-order valence-electron chi connectivity index (χ4n) is 2.00. The van der Waals surface area contributed by atoms with Gasteiger partial charge in [-0.3, -0.25) is 0 Å². The molecule has 2 aromatic heterocycles. The van der Waals surface area contributed by atoms with Crippen LogP contribution >= 0.6 is 59.1 Å². The van der Waals surface area contributed by atoms with E-state index in [4.69, 9.17) is 0 Å². The highest BCUT2D eigenvalue weighted by Crippen LogP contribution is 2.35. The summed E-state index contributed by atoms with van der Waals surface area (Å²) in [6.07, 6.45) is 0. The molecule has 0 radical (unpaired) electrons. The lowest BCUT2D eigenvalue weighted by atomic mass is 10.1. The lowest BCUT2D eigenvalue weighted by Gasteiger charge is -2.08. The third kappa shape index (κ3) is 2.92. The molecule has 0 saturated heterocycles. The third-order valence-corrected chi connectivity index (χ3v) is 5.66. The van der Waals surface area contributed by atoms with Crippen molar-refractivity contribution in [1.29, 1.82) is 0 Å². The third-order valence-electron chi connectivity index (χ3n) is 2.88. The van der Waals surface area contributed by atoms with Crippen molar-refractivity contribution in [2.24, 2.45) is 0 Å². The predicted molar refractivity (Wildman–Crippen MR) is 95.1 cm³/mol. The van der Waals surface area contributed by atoms with Crippen molar-refractivity contribution in [2.45, 2.75) is 0 Å². The van der Waals surface area contributed by atoms with E-state index in [2.05, 4.69) is 52.8 Å². The summed E-state index contributed by atoms with van der Waals surface area (Å²) in [4.78, 5) is 17.1. The van der Waals surface area contributed by atoms with Gasteiger partial charge < -0.3 is 5.11 Å². The maximum absolute atomic E-state index is 11.6. The second-order valence-electron chi connectivity index (χ2n) is 4.27. The molecule has 0 aliphatic rings. The molecule has 0 amide bonds. The first-order valence-electron chi connectivity index (χ1n) is 5.73. The summed E-state index contributed by atoms with van der Waals surface area (Å²) in [7, 11) is 0. The van der Waals surface area contributed by atoms with Gasteiger partial charge in [-0.25, -0.2) is 9.78 Å². The number of thiophene rings is 1. The van der Waals surface area contributed by atoms with E-state index in [1.54, 1.807) is 12.1 Å². The molecule has 0 spiro atoms. The van der Waals surface area contributed by atoms with E-state index in [0.29, 0.717) is 16.6 Å². The van der Waals surface area contributed by atoms with Crippen LogP contribution in [0.5, 0.6) is 0 Å². The number of nitrogens with zero attached hydrogens (tertiary/aromatic N) is 1. The largest absolute Gasteiger partial charge is 0.478 e. The van der Waals surface area contributed by atoms with Gasteiger partial charge in [-0.2, -0.15) is 0 Å². The van der Waals surface area contributed by atoms with Crippen LogP contribution in [0.4, 0.5) is 0 Å². The second kappa shape index (κ2) is 5.79. The molecule has 1 aromatic carbocycles. The molecule has 2 heterocycles. The molecule has 7 heteroatoms. The van der Waals surface area contributed by atoms with Crippen LogP contribution in [0.25, 0.3) is 21.5 Å². The van der Waals surface area contributed by atoms with Crippen molar-refractivity contribution in [3.8, 4) is 10.6 Å². The standard InChI is InChI=1S/C14H6Br3NO2S/c15-6-1-8-9(14(19)20)4-11(12-3-7(16)5-21-12)18-13(8)10(17)2-6/h1-5H,(H,19,20). The van der Waals surface area contributed by atoms with Crippen LogP contribution in [-0.4, -0.2) is 16.1 Å². The van der Waals surface area contributed by atoms with Crippen LogP contribution in [0.3, 0.4) is 0 Å². The zero-order valence-electron chi connectivity index (χ0n) is 10.2. The van der Waals surface area contributed by atoms with E-state index >= 15 is 0 Å². The normalized spacial score (nSPS) is 11.0. The van der Waals surface area contributed by atoms with E-state index in [1.165, 1.54) is 11.3 Å². The summed E-state index contributed by atoms with van der Waals surface area (Å²) in [5.74, 6) is -0.968. The Morgan fingerprint density at radius 2 is 1.86 bits per heavy atom. The highest BCUT2D eigenvalue weighted by atomic mass is 79.9. The van der Waals surface area contributed by atoms with Crippen LogP contribution in [0.2, 0.25) is 0 Å². The Morgan fingerprint density at radius 1 is 1.10 bits per heavy atom. The van der Waals surface area contributed by atoms with Gasteiger partial charge in [0.1, 0.15) is 0 Å². The fraction of sp³-hybridized carbons (Fsp3) is 0. The van der Waals surface area contributed by atoms with Gasteiger partial charge in [-0.15, -0.1) is 11.3 Å². The Hall–Kier alpha value is -0.760. The van der Waals surface area contributed by atoms with Crippen LogP contribution < -0.4 is 0 Å². The Labute approximate surface area is 149 Å². The lowest BCUT2D eigenvalue weighted by Crippen LogP contribution is -2.00. The summed E-state index contributed by atoms with van der Waals surface area (Å²) < 4.78 is 2.51. The van der Waals surface area contributed by atoms with Crippen LogP contribution in [-0.2, 0) is 0 Å². The van der Waals surface area contributed by atoms with E-state index < -0.39 is 5.97 Å². The Bertz CT molecular complexity index is 876. The summed E-state index contributed by atoms with van der Waals surface area (Å²) >= 11 is 11.7. The molecule has 3 nitrogen and oxygen atoms in total. The molecule has 0 aliphatic heterocycles. The number of fused-ring (bicyclic) bond motifs is 1. The van der Waals surface area contributed by atoms with Crippen LogP contribution in [0.1, 0.15) is 10.4 Å². The summed E-state index contributed by atoms with van der Waals surface area (Å²) in [5, 5.41) is 12.0. The number of benzene rings is 1. The van der Waals surface area contributed by atoms with Crippen molar-refractivity contribution in [1.82, 2.24) is 4.98 Å². The van der Waals surface area contributed by atoms with Crippen molar-refractivity contribution < 1.29 is 9.90 Å². The summed E-state index contributed by atoms with van der Waals surface area (Å²) in [6, 6.07) is 7.17. The highest BCUT2D eigenvalue weighted by Gasteiger charge is 2.16. The molecule has 0 unspecified atom stereocenters. The smallest absolute Gasteiger partial charge is 0.336 e. The van der Waals surface area contributed by atoms with Gasteiger partial charge >= 0.3 is 5.97 Å². The van der Waals surface area contributed by atoms with E-state index in [-0.39, 0.29) is 5.56 Å². The number of pyridine rings is 1. The number of aromatic nitrogens is 1. The second-order valence-corrected chi connectivity index (χ2v) is 7.87. The number of hydrogen-bond donors (Lipinski definition) is 1. The molecule has 0 fully saturated rings. The lowest BCUT2D eigenvalue weighted by molar-refractivity contribution is 0.0699. The zero-order chi connectivity index (χ0) is 15.1. The number of hydrogen-bond acceptors (Lipinski definition) is 3. The average molecular weight is 492 g/mol. The van der Waals surface area contributed by atoms with Gasteiger partial charge in [0.2, 0.25) is 0 Å². The van der Waals surface area contributed by atoms with Crippen LogP contribution in [0.15, 0.2) is 43.1 Å². The highest BCUT2D eigenvalue weighted by molar-refractivity contribution is 9.11. The minimum absolute atomic E-state index is 0.238. The summed E-state index contributed by atoms with van der Waals surface area (Å²) in [5.41, 5.74) is 1.53. The van der Waals surface area contributed by atoms with Crippen molar-refractivity contribution in [3.63, 3.8) is 0 Å². The molecular formula is C14H6Br3NO2S. The minimum Gasteiger partial charge on any atom is -0.478 e. The maximum atomic E-state index is 11.6. The number of halogens is 3. The predicted octanol–water partition coefficient (Wildman–Crippen LogP) is 5.95. The topological polar surface area (TPSA) is 50.2 Å². The molecule has 1 N–H and O–H groups in total. The van der Waals surface area contributed by atoms with Crippen LogP contribution in [0, 0.1) is 0 Å². The van der Waals surface area contributed by atoms with Crippen molar-refractivity contribution in [2.75, 3.05) is 0 Å². The SMILES string of the molecule is O=C(O)c1cc(-c2cc(Br)cs2)nc2c(Br)cc(Br)cc12. The van der Waals surface area contributed by atoms with Gasteiger partial charge in [0.25, 0.3) is 0 Å². The number of aromatic carboxylic acids is 1. The molecule has 0 saturated carbocycles. The Balaban J connectivity index is 2.37. The first kappa shape index (κ1) is 15.1. The maximum Gasteiger partial charge on any atom is 0.336 e. The first-order valence-corrected chi connectivity index (χ1v) is 8.99. The fourth-order valence-corrected chi connectivity index (χ4v) is 4.71. The van der Waals surface area contributed by atoms with E-state index in [9.17, 15) is 9.90 Å². The number of carboxylic acid groups (broad SMARTS) is 1. The number of rotatable bonds is 2. The monoisotopic (exact) mass is 489 g/mol. The Kier molecular flexibility index (Phi) is 4.18. The molecular weight excluding hydrogens is 486 g/mol. The molecule has 3 rings (SSSR count). The van der Waals surface area contributed by atoms with Gasteiger partial charge in [-0.1, -0.05) is 15.9 Å². The summed E-state index contributed by atoms with van der Waals surface area (Å²) in [6.45, 7) is 0. The molecule has 0 bridgehead atoms. The zero-order valence-corrected chi connectivity index (χ0v) is 15.8. The molecule has 106 valence electrons. The van der Waals surface area contributed by atoms with E-state index in [0.717, 1.165) is 18.3 Å². The van der Waals surface area contributed by atoms with Gasteiger partial charge in [0.15, 0.2) is 0 Å². The van der Waals surface area contributed by atoms with Gasteiger partial charge in [0.05, 0.1) is 21.7 Å². The molecule has 3 aromatic rings.